The van der Waals surface area contributed by atoms with Gasteiger partial charge >= 0.3 is 0 Å². The van der Waals surface area contributed by atoms with E-state index in [1.165, 1.54) is 12.4 Å². The van der Waals surface area contributed by atoms with E-state index < -0.39 is 0 Å². The fourth-order valence-electron chi connectivity index (χ4n) is 1.77. The Balaban J connectivity index is 1.91. The van der Waals surface area contributed by atoms with E-state index in [-0.39, 0.29) is 5.82 Å². The van der Waals surface area contributed by atoms with Crippen LogP contribution < -0.4 is 5.32 Å². The van der Waals surface area contributed by atoms with Crippen molar-refractivity contribution in [2.45, 2.75) is 0 Å². The molecule has 1 N–H and O–H groups in total. The fraction of sp³-hybridized carbons (Fsp3) is 0. The summed E-state index contributed by atoms with van der Waals surface area (Å²) in [6.07, 6.45) is 1.40. The van der Waals surface area contributed by atoms with Crippen molar-refractivity contribution in [2.24, 2.45) is 0 Å². The van der Waals surface area contributed by atoms with E-state index >= 15 is 0 Å². The van der Waals surface area contributed by atoms with Gasteiger partial charge in [0.25, 0.3) is 0 Å². The molecule has 2 aromatic carbocycles. The van der Waals surface area contributed by atoms with Crippen LogP contribution in [-0.4, -0.2) is 15.0 Å². The third-order valence-electron chi connectivity index (χ3n) is 2.72. The third kappa shape index (κ3) is 2.61. The molecule has 0 saturated carbocycles. The van der Waals surface area contributed by atoms with Gasteiger partial charge in [0.2, 0.25) is 5.95 Å². The minimum Gasteiger partial charge on any atom is -0.322 e. The molecule has 3 rings (SSSR count). The van der Waals surface area contributed by atoms with E-state index in [1.54, 1.807) is 18.2 Å². The van der Waals surface area contributed by atoms with Crippen LogP contribution in [0.1, 0.15) is 0 Å². The van der Waals surface area contributed by atoms with Crippen molar-refractivity contribution >= 4 is 11.6 Å². The molecule has 4 nitrogen and oxygen atoms in total. The molecule has 98 valence electrons. The van der Waals surface area contributed by atoms with E-state index in [4.69, 9.17) is 0 Å². The Labute approximate surface area is 115 Å². The lowest BCUT2D eigenvalue weighted by molar-refractivity contribution is 0.631. The van der Waals surface area contributed by atoms with Crippen LogP contribution in [0.5, 0.6) is 0 Å². The van der Waals surface area contributed by atoms with Crippen LogP contribution in [0.15, 0.2) is 60.9 Å². The van der Waals surface area contributed by atoms with Gasteiger partial charge in [-0.05, 0) is 12.1 Å². The Morgan fingerprint density at radius 3 is 2.40 bits per heavy atom. The van der Waals surface area contributed by atoms with Gasteiger partial charge in [0, 0.05) is 5.56 Å². The highest BCUT2D eigenvalue weighted by molar-refractivity contribution is 5.58. The highest BCUT2D eigenvalue weighted by atomic mass is 19.1. The third-order valence-corrected chi connectivity index (χ3v) is 2.72. The van der Waals surface area contributed by atoms with Gasteiger partial charge in [-0.25, -0.2) is 14.4 Å². The van der Waals surface area contributed by atoms with Gasteiger partial charge in [0.05, 0.1) is 5.69 Å². The highest BCUT2D eigenvalue weighted by Crippen LogP contribution is 2.18. The summed E-state index contributed by atoms with van der Waals surface area (Å²) in [6, 6.07) is 15.9. The van der Waals surface area contributed by atoms with Crippen molar-refractivity contribution in [2.75, 3.05) is 5.32 Å². The van der Waals surface area contributed by atoms with Crippen molar-refractivity contribution < 1.29 is 4.39 Å². The fourth-order valence-corrected chi connectivity index (χ4v) is 1.77. The number of anilines is 2. The van der Waals surface area contributed by atoms with Gasteiger partial charge in [0.1, 0.15) is 12.1 Å². The number of rotatable bonds is 3. The molecular weight excluding hydrogens is 255 g/mol. The quantitative estimate of drug-likeness (QED) is 0.789. The smallest absolute Gasteiger partial charge is 0.230 e. The zero-order valence-electron chi connectivity index (χ0n) is 10.5. The number of halogens is 1. The second-order valence-corrected chi connectivity index (χ2v) is 4.10. The summed E-state index contributed by atoms with van der Waals surface area (Å²) in [6.45, 7) is 0. The Kier molecular flexibility index (Phi) is 3.33. The molecule has 0 aliphatic rings. The number of hydrogen-bond donors (Lipinski definition) is 1. The van der Waals surface area contributed by atoms with Crippen molar-refractivity contribution in [1.29, 1.82) is 0 Å². The molecule has 0 aliphatic carbocycles. The van der Waals surface area contributed by atoms with Gasteiger partial charge in [-0.15, -0.1) is 0 Å². The molecule has 0 fully saturated rings. The summed E-state index contributed by atoms with van der Waals surface area (Å²) in [7, 11) is 0. The van der Waals surface area contributed by atoms with Crippen LogP contribution in [0.25, 0.3) is 11.4 Å². The van der Waals surface area contributed by atoms with Crippen LogP contribution in [0, 0.1) is 5.82 Å². The summed E-state index contributed by atoms with van der Waals surface area (Å²) in [5, 5.41) is 2.85. The molecule has 0 spiro atoms. The molecule has 0 radical (unpaired) electrons. The molecule has 0 atom stereocenters. The molecule has 20 heavy (non-hydrogen) atoms. The van der Waals surface area contributed by atoms with E-state index in [1.807, 2.05) is 30.3 Å². The number of benzene rings is 2. The second kappa shape index (κ2) is 5.44. The zero-order valence-corrected chi connectivity index (χ0v) is 10.5. The summed E-state index contributed by atoms with van der Waals surface area (Å²) in [5.41, 5.74) is 1.21. The van der Waals surface area contributed by atoms with Crippen LogP contribution in [0.4, 0.5) is 16.0 Å². The molecule has 3 aromatic rings. The first kappa shape index (κ1) is 12.2. The minimum atomic E-state index is -0.353. The first-order chi connectivity index (χ1) is 9.83. The van der Waals surface area contributed by atoms with Crippen molar-refractivity contribution in [1.82, 2.24) is 15.0 Å². The molecule has 0 aliphatic heterocycles. The summed E-state index contributed by atoms with van der Waals surface area (Å²) < 4.78 is 13.6. The van der Waals surface area contributed by atoms with Gasteiger partial charge in [0.15, 0.2) is 5.82 Å². The summed E-state index contributed by atoms with van der Waals surface area (Å²) in [4.78, 5) is 12.4. The van der Waals surface area contributed by atoms with Crippen LogP contribution >= 0.6 is 0 Å². The molecular formula is C15H11FN4. The Bertz CT molecular complexity index is 716. The molecule has 0 bridgehead atoms. The maximum absolute atomic E-state index is 13.6. The normalized spacial score (nSPS) is 10.2. The van der Waals surface area contributed by atoms with E-state index in [0.29, 0.717) is 17.5 Å². The Morgan fingerprint density at radius 1 is 0.850 bits per heavy atom. The van der Waals surface area contributed by atoms with Crippen LogP contribution in [-0.2, 0) is 0 Å². The topological polar surface area (TPSA) is 50.7 Å². The number of aromatic nitrogens is 3. The van der Waals surface area contributed by atoms with Gasteiger partial charge in [-0.1, -0.05) is 42.5 Å². The first-order valence-electron chi connectivity index (χ1n) is 6.09. The largest absolute Gasteiger partial charge is 0.322 e. The maximum atomic E-state index is 13.6. The van der Waals surface area contributed by atoms with Crippen molar-refractivity contribution in [3.05, 3.63) is 66.7 Å². The van der Waals surface area contributed by atoms with E-state index in [0.717, 1.165) is 5.56 Å². The van der Waals surface area contributed by atoms with Crippen molar-refractivity contribution in [3.63, 3.8) is 0 Å². The molecule has 0 amide bonds. The number of nitrogens with one attached hydrogen (secondary N) is 1. The Hall–Kier alpha value is -2.82. The summed E-state index contributed by atoms with van der Waals surface area (Å²) >= 11 is 0. The Morgan fingerprint density at radius 2 is 1.60 bits per heavy atom. The molecule has 5 heteroatoms. The van der Waals surface area contributed by atoms with Crippen molar-refractivity contribution in [3.8, 4) is 11.4 Å². The SMILES string of the molecule is Fc1ccccc1Nc1ncnc(-c2ccccc2)n1. The predicted molar refractivity (Wildman–Crippen MR) is 74.9 cm³/mol. The van der Waals surface area contributed by atoms with Gasteiger partial charge < -0.3 is 5.32 Å². The van der Waals surface area contributed by atoms with E-state index in [9.17, 15) is 4.39 Å². The maximum Gasteiger partial charge on any atom is 0.230 e. The molecule has 0 unspecified atom stereocenters. The minimum absolute atomic E-state index is 0.309. The molecule has 0 saturated heterocycles. The lowest BCUT2D eigenvalue weighted by Gasteiger charge is -2.06. The second-order valence-electron chi connectivity index (χ2n) is 4.10. The monoisotopic (exact) mass is 266 g/mol. The zero-order chi connectivity index (χ0) is 13.8. The highest BCUT2D eigenvalue weighted by Gasteiger charge is 2.05. The number of hydrogen-bond acceptors (Lipinski definition) is 4. The van der Waals surface area contributed by atoms with Gasteiger partial charge in [-0.2, -0.15) is 4.98 Å². The number of para-hydroxylation sites is 1. The standard InChI is InChI=1S/C15H11FN4/c16-12-8-4-5-9-13(12)19-15-18-10-17-14(20-15)11-6-2-1-3-7-11/h1-10H,(H,17,18,19,20). The number of nitrogens with zero attached hydrogens (tertiary/aromatic N) is 3. The predicted octanol–water partition coefficient (Wildman–Crippen LogP) is 3.42. The molecule has 1 heterocycles. The van der Waals surface area contributed by atoms with E-state index in [2.05, 4.69) is 20.3 Å². The molecule has 1 aromatic heterocycles. The summed E-state index contributed by atoms with van der Waals surface area (Å²) in [5.74, 6) is 0.498. The van der Waals surface area contributed by atoms with Gasteiger partial charge in [-0.3, -0.25) is 0 Å². The van der Waals surface area contributed by atoms with Crippen LogP contribution in [0.2, 0.25) is 0 Å². The lowest BCUT2D eigenvalue weighted by atomic mass is 10.2. The first-order valence-corrected chi connectivity index (χ1v) is 6.09. The van der Waals surface area contributed by atoms with Crippen LogP contribution in [0.3, 0.4) is 0 Å². The lowest BCUT2D eigenvalue weighted by Crippen LogP contribution is -2.01. The average Bonchev–Trinajstić information content (AvgIpc) is 2.51. The average molecular weight is 266 g/mol.